The Hall–Kier alpha value is -1.61. The zero-order chi connectivity index (χ0) is 11.0. The summed E-state index contributed by atoms with van der Waals surface area (Å²) in [5.41, 5.74) is 3.68. The van der Waals surface area contributed by atoms with Gasteiger partial charge in [-0.3, -0.25) is 0 Å². The van der Waals surface area contributed by atoms with Crippen molar-refractivity contribution in [3.8, 4) is 11.4 Å². The smallest absolute Gasteiger partial charge is 0.137 e. The summed E-state index contributed by atoms with van der Waals surface area (Å²) >= 11 is 0. The van der Waals surface area contributed by atoms with Gasteiger partial charge in [0.2, 0.25) is 0 Å². The molecule has 0 bridgehead atoms. The zero-order valence-electron chi connectivity index (χ0n) is 9.33. The molecule has 3 heteroatoms. The quantitative estimate of drug-likeness (QED) is 0.801. The van der Waals surface area contributed by atoms with Crippen molar-refractivity contribution in [3.63, 3.8) is 0 Å². The lowest BCUT2D eigenvalue weighted by molar-refractivity contribution is 0.441. The van der Waals surface area contributed by atoms with E-state index in [0.29, 0.717) is 5.92 Å². The van der Waals surface area contributed by atoms with Crippen LogP contribution in [0.3, 0.4) is 0 Å². The fourth-order valence-corrected chi connectivity index (χ4v) is 1.91. The normalized spacial score (nSPS) is 16.1. The number of benzene rings is 1. The van der Waals surface area contributed by atoms with Gasteiger partial charge in [-0.1, -0.05) is 29.8 Å². The lowest BCUT2D eigenvalue weighted by Crippen LogP contribution is -2.40. The van der Waals surface area contributed by atoms with Gasteiger partial charge in [-0.05, 0) is 6.92 Å². The third kappa shape index (κ3) is 1.63. The van der Waals surface area contributed by atoms with Crippen molar-refractivity contribution in [2.45, 2.75) is 12.8 Å². The number of aromatic nitrogens is 2. The SMILES string of the molecule is Cc1ccc(-c2ncc(C3CNC3)[nH]2)cc1. The molecule has 1 fully saturated rings. The fourth-order valence-electron chi connectivity index (χ4n) is 1.91. The second-order valence-corrected chi connectivity index (χ2v) is 4.41. The first-order valence-electron chi connectivity index (χ1n) is 5.65. The number of aromatic amines is 1. The van der Waals surface area contributed by atoms with Crippen LogP contribution in [0.1, 0.15) is 17.2 Å². The minimum Gasteiger partial charge on any atom is -0.342 e. The molecular formula is C13H15N3. The summed E-state index contributed by atoms with van der Waals surface area (Å²) in [4.78, 5) is 7.84. The fraction of sp³-hybridized carbons (Fsp3) is 0.308. The number of hydrogen-bond acceptors (Lipinski definition) is 2. The highest BCUT2D eigenvalue weighted by atomic mass is 15.0. The molecule has 82 valence electrons. The minimum atomic E-state index is 0.617. The van der Waals surface area contributed by atoms with Crippen molar-refractivity contribution in [1.82, 2.24) is 15.3 Å². The average molecular weight is 213 g/mol. The molecule has 3 nitrogen and oxygen atoms in total. The number of nitrogens with one attached hydrogen (secondary N) is 2. The molecule has 0 unspecified atom stereocenters. The van der Waals surface area contributed by atoms with Crippen LogP contribution in [0.4, 0.5) is 0 Å². The van der Waals surface area contributed by atoms with E-state index in [4.69, 9.17) is 0 Å². The standard InChI is InChI=1S/C13H15N3/c1-9-2-4-10(5-3-9)13-15-8-12(16-13)11-6-14-7-11/h2-5,8,11,14H,6-7H2,1H3,(H,15,16). The number of imidazole rings is 1. The van der Waals surface area contributed by atoms with Gasteiger partial charge in [-0.25, -0.2) is 4.98 Å². The Morgan fingerprint density at radius 3 is 2.56 bits per heavy atom. The second kappa shape index (κ2) is 3.76. The van der Waals surface area contributed by atoms with Crippen LogP contribution in [0.5, 0.6) is 0 Å². The van der Waals surface area contributed by atoms with Crippen LogP contribution in [0, 0.1) is 6.92 Å². The Kier molecular flexibility index (Phi) is 2.26. The summed E-state index contributed by atoms with van der Waals surface area (Å²) in [5.74, 6) is 1.59. The van der Waals surface area contributed by atoms with Crippen LogP contribution < -0.4 is 5.32 Å². The summed E-state index contributed by atoms with van der Waals surface area (Å²) in [6, 6.07) is 8.44. The molecule has 0 atom stereocenters. The highest BCUT2D eigenvalue weighted by Gasteiger charge is 2.20. The Labute approximate surface area is 94.9 Å². The van der Waals surface area contributed by atoms with E-state index in [2.05, 4.69) is 46.5 Å². The summed E-state index contributed by atoms with van der Waals surface area (Å²) < 4.78 is 0. The molecule has 1 aliphatic rings. The van der Waals surface area contributed by atoms with E-state index in [0.717, 1.165) is 24.5 Å². The number of rotatable bonds is 2. The summed E-state index contributed by atoms with van der Waals surface area (Å²) in [5, 5.41) is 3.27. The number of H-pyrrole nitrogens is 1. The molecule has 2 N–H and O–H groups in total. The minimum absolute atomic E-state index is 0.617. The van der Waals surface area contributed by atoms with E-state index in [1.54, 1.807) is 0 Å². The number of aryl methyl sites for hydroxylation is 1. The van der Waals surface area contributed by atoms with Crippen LogP contribution >= 0.6 is 0 Å². The monoisotopic (exact) mass is 213 g/mol. The van der Waals surface area contributed by atoms with Crippen LogP contribution in [-0.2, 0) is 0 Å². The first kappa shape index (κ1) is 9.60. The van der Waals surface area contributed by atoms with Gasteiger partial charge in [-0.15, -0.1) is 0 Å². The van der Waals surface area contributed by atoms with Crippen molar-refractivity contribution in [1.29, 1.82) is 0 Å². The molecule has 0 radical (unpaired) electrons. The molecule has 1 aromatic carbocycles. The first-order valence-corrected chi connectivity index (χ1v) is 5.65. The lowest BCUT2D eigenvalue weighted by Gasteiger charge is -2.25. The van der Waals surface area contributed by atoms with Gasteiger partial charge in [-0.2, -0.15) is 0 Å². The number of nitrogens with zero attached hydrogens (tertiary/aromatic N) is 1. The van der Waals surface area contributed by atoms with Gasteiger partial charge in [0.05, 0.1) is 0 Å². The summed E-state index contributed by atoms with van der Waals surface area (Å²) in [6.07, 6.45) is 1.96. The molecule has 1 aliphatic heterocycles. The average Bonchev–Trinajstić information content (AvgIpc) is 2.65. The number of hydrogen-bond donors (Lipinski definition) is 2. The molecule has 1 aromatic heterocycles. The molecule has 2 heterocycles. The van der Waals surface area contributed by atoms with E-state index in [-0.39, 0.29) is 0 Å². The van der Waals surface area contributed by atoms with Gasteiger partial charge in [0.15, 0.2) is 0 Å². The molecular weight excluding hydrogens is 198 g/mol. The molecule has 0 saturated carbocycles. The van der Waals surface area contributed by atoms with Crippen LogP contribution in [0.25, 0.3) is 11.4 Å². The molecule has 0 aliphatic carbocycles. The van der Waals surface area contributed by atoms with Crippen molar-refractivity contribution in [2.75, 3.05) is 13.1 Å². The Bertz CT molecular complexity index is 480. The third-order valence-corrected chi connectivity index (χ3v) is 3.14. The van der Waals surface area contributed by atoms with Gasteiger partial charge in [0, 0.05) is 36.5 Å². The molecule has 16 heavy (non-hydrogen) atoms. The van der Waals surface area contributed by atoms with E-state index in [1.807, 2.05) is 6.20 Å². The molecule has 0 spiro atoms. The van der Waals surface area contributed by atoms with E-state index in [9.17, 15) is 0 Å². The van der Waals surface area contributed by atoms with E-state index in [1.165, 1.54) is 11.3 Å². The van der Waals surface area contributed by atoms with Crippen LogP contribution in [-0.4, -0.2) is 23.1 Å². The van der Waals surface area contributed by atoms with Crippen molar-refractivity contribution >= 4 is 0 Å². The first-order chi connectivity index (χ1) is 7.83. The van der Waals surface area contributed by atoms with Crippen molar-refractivity contribution < 1.29 is 0 Å². The van der Waals surface area contributed by atoms with Crippen LogP contribution in [0.2, 0.25) is 0 Å². The van der Waals surface area contributed by atoms with E-state index < -0.39 is 0 Å². The Balaban J connectivity index is 1.88. The maximum Gasteiger partial charge on any atom is 0.137 e. The molecule has 2 aromatic rings. The second-order valence-electron chi connectivity index (χ2n) is 4.41. The summed E-state index contributed by atoms with van der Waals surface area (Å²) in [7, 11) is 0. The molecule has 0 amide bonds. The van der Waals surface area contributed by atoms with Gasteiger partial charge in [0.25, 0.3) is 0 Å². The Morgan fingerprint density at radius 2 is 1.94 bits per heavy atom. The Morgan fingerprint density at radius 1 is 1.19 bits per heavy atom. The zero-order valence-corrected chi connectivity index (χ0v) is 9.33. The van der Waals surface area contributed by atoms with Gasteiger partial charge >= 0.3 is 0 Å². The van der Waals surface area contributed by atoms with E-state index >= 15 is 0 Å². The van der Waals surface area contributed by atoms with Crippen molar-refractivity contribution in [2.24, 2.45) is 0 Å². The van der Waals surface area contributed by atoms with Gasteiger partial charge in [0.1, 0.15) is 5.82 Å². The maximum atomic E-state index is 4.44. The predicted octanol–water partition coefficient (Wildman–Crippen LogP) is 2.07. The lowest BCUT2D eigenvalue weighted by atomic mass is 10.0. The molecule has 1 saturated heterocycles. The molecule has 3 rings (SSSR count). The third-order valence-electron chi connectivity index (χ3n) is 3.14. The predicted molar refractivity (Wildman–Crippen MR) is 64.4 cm³/mol. The van der Waals surface area contributed by atoms with Crippen molar-refractivity contribution in [3.05, 3.63) is 41.7 Å². The van der Waals surface area contributed by atoms with Gasteiger partial charge < -0.3 is 10.3 Å². The maximum absolute atomic E-state index is 4.44. The largest absolute Gasteiger partial charge is 0.342 e. The van der Waals surface area contributed by atoms with Crippen LogP contribution in [0.15, 0.2) is 30.5 Å². The topological polar surface area (TPSA) is 40.7 Å². The highest BCUT2D eigenvalue weighted by Crippen LogP contribution is 2.22. The highest BCUT2D eigenvalue weighted by molar-refractivity contribution is 5.55. The summed E-state index contributed by atoms with van der Waals surface area (Å²) in [6.45, 7) is 4.22.